The molecule has 2 aliphatic heterocycles. The van der Waals surface area contributed by atoms with E-state index in [-0.39, 0.29) is 12.4 Å². The van der Waals surface area contributed by atoms with Gasteiger partial charge in [0.15, 0.2) is 0 Å². The average molecular weight is 381 g/mol. The molecule has 1 fully saturated rings. The molecule has 28 heavy (non-hydrogen) atoms. The molecule has 0 amide bonds. The molecular weight excluding hydrogens is 356 g/mol. The molecule has 0 saturated carbocycles. The summed E-state index contributed by atoms with van der Waals surface area (Å²) in [6.07, 6.45) is 2.47. The first-order valence-electron chi connectivity index (χ1n) is 9.69. The molecule has 0 bridgehead atoms. The highest BCUT2D eigenvalue weighted by Gasteiger charge is 2.52. The zero-order chi connectivity index (χ0) is 20.1. The summed E-state index contributed by atoms with van der Waals surface area (Å²) >= 11 is 0. The molecule has 4 rings (SSSR count). The summed E-state index contributed by atoms with van der Waals surface area (Å²) in [7, 11) is -0.492. The van der Waals surface area contributed by atoms with E-state index < -0.39 is 18.3 Å². The molecule has 2 aliphatic rings. The normalized spacial score (nSPS) is 21.4. The van der Waals surface area contributed by atoms with Crippen LogP contribution in [0.4, 0.5) is 4.39 Å². The van der Waals surface area contributed by atoms with E-state index in [1.165, 1.54) is 12.1 Å². The van der Waals surface area contributed by atoms with E-state index in [0.717, 1.165) is 34.3 Å². The highest BCUT2D eigenvalue weighted by Crippen LogP contribution is 2.44. The van der Waals surface area contributed by atoms with Crippen LogP contribution in [0, 0.1) is 5.82 Å². The molecule has 4 nitrogen and oxygen atoms in total. The Labute approximate surface area is 165 Å². The first-order chi connectivity index (χ1) is 13.2. The Morgan fingerprint density at radius 1 is 1.11 bits per heavy atom. The molecule has 0 spiro atoms. The minimum atomic E-state index is -0.492. The van der Waals surface area contributed by atoms with Crippen molar-refractivity contribution < 1.29 is 18.4 Å². The molecule has 146 valence electrons. The standard InChI is InChI=1S/C22H25BFNO3/c1-6-17(23-27-21(2,3)22(4,5)28-23)20-15-8-7-11-25-18(15)13-26-19-12-14(24)9-10-16(19)20/h7-12H,6,13H2,1-5H3. The molecule has 1 saturated heterocycles. The highest BCUT2D eigenvalue weighted by atomic mass is 19.1. The number of fused-ring (bicyclic) bond motifs is 2. The molecule has 0 aliphatic carbocycles. The number of benzene rings is 1. The van der Waals surface area contributed by atoms with Gasteiger partial charge in [-0.05, 0) is 63.4 Å². The van der Waals surface area contributed by atoms with Crippen molar-refractivity contribution in [2.75, 3.05) is 0 Å². The van der Waals surface area contributed by atoms with E-state index in [4.69, 9.17) is 14.0 Å². The van der Waals surface area contributed by atoms with E-state index in [0.29, 0.717) is 5.75 Å². The van der Waals surface area contributed by atoms with Gasteiger partial charge in [0.05, 0.1) is 16.9 Å². The lowest BCUT2D eigenvalue weighted by atomic mass is 9.70. The lowest BCUT2D eigenvalue weighted by Gasteiger charge is -2.32. The third-order valence-electron chi connectivity index (χ3n) is 5.98. The van der Waals surface area contributed by atoms with Crippen molar-refractivity contribution in [1.29, 1.82) is 0 Å². The molecule has 6 heteroatoms. The summed E-state index contributed by atoms with van der Waals surface area (Å²) in [5, 5.41) is 0. The van der Waals surface area contributed by atoms with Crippen LogP contribution in [0.1, 0.15) is 57.9 Å². The molecule has 3 heterocycles. The van der Waals surface area contributed by atoms with Gasteiger partial charge in [0.2, 0.25) is 0 Å². The Hall–Kier alpha value is -2.18. The van der Waals surface area contributed by atoms with Crippen LogP contribution in [0.5, 0.6) is 5.75 Å². The van der Waals surface area contributed by atoms with E-state index in [9.17, 15) is 4.39 Å². The van der Waals surface area contributed by atoms with E-state index in [2.05, 4.69) is 11.9 Å². The Bertz CT molecular complexity index is 939. The molecule has 0 atom stereocenters. The van der Waals surface area contributed by atoms with Crippen molar-refractivity contribution in [2.45, 2.75) is 58.8 Å². The third kappa shape index (κ3) is 3.05. The minimum Gasteiger partial charge on any atom is -0.487 e. The Morgan fingerprint density at radius 3 is 2.50 bits per heavy atom. The second-order valence-corrected chi connectivity index (χ2v) is 8.27. The topological polar surface area (TPSA) is 40.6 Å². The largest absolute Gasteiger partial charge is 0.491 e. The highest BCUT2D eigenvalue weighted by molar-refractivity contribution is 6.56. The van der Waals surface area contributed by atoms with Crippen LogP contribution < -0.4 is 4.74 Å². The van der Waals surface area contributed by atoms with Gasteiger partial charge in [-0.1, -0.05) is 13.0 Å². The summed E-state index contributed by atoms with van der Waals surface area (Å²) < 4.78 is 32.5. The van der Waals surface area contributed by atoms with E-state index in [1.54, 1.807) is 12.3 Å². The predicted molar refractivity (Wildman–Crippen MR) is 107 cm³/mol. The SMILES string of the molecule is CCC(B1OC(C)(C)C(C)(C)O1)=C1c2ccc(F)cc2OCc2ncccc21. The lowest BCUT2D eigenvalue weighted by Crippen LogP contribution is -2.41. The van der Waals surface area contributed by atoms with Crippen molar-refractivity contribution >= 4 is 12.7 Å². The van der Waals surface area contributed by atoms with Gasteiger partial charge in [0.25, 0.3) is 0 Å². The van der Waals surface area contributed by atoms with Crippen molar-refractivity contribution in [2.24, 2.45) is 0 Å². The van der Waals surface area contributed by atoms with Crippen LogP contribution in [0.15, 0.2) is 42.0 Å². The maximum absolute atomic E-state index is 13.9. The Morgan fingerprint density at radius 2 is 1.82 bits per heavy atom. The van der Waals surface area contributed by atoms with E-state index >= 15 is 0 Å². The first-order valence-corrected chi connectivity index (χ1v) is 9.69. The van der Waals surface area contributed by atoms with Crippen LogP contribution in [0.3, 0.4) is 0 Å². The Kier molecular flexibility index (Phi) is 4.59. The fourth-order valence-electron chi connectivity index (χ4n) is 3.69. The molecular formula is C22H25BFNO3. The molecule has 2 aromatic rings. The number of halogens is 1. The number of hydrogen-bond donors (Lipinski definition) is 0. The maximum atomic E-state index is 13.9. The summed E-state index contributed by atoms with van der Waals surface area (Å²) in [6, 6.07) is 8.59. The van der Waals surface area contributed by atoms with Crippen molar-refractivity contribution in [1.82, 2.24) is 4.98 Å². The zero-order valence-electron chi connectivity index (χ0n) is 17.0. The number of hydrogen-bond acceptors (Lipinski definition) is 4. The smallest absolute Gasteiger partial charge is 0.487 e. The molecule has 1 aromatic heterocycles. The molecule has 1 aromatic carbocycles. The zero-order valence-corrected chi connectivity index (χ0v) is 17.0. The van der Waals surface area contributed by atoms with Gasteiger partial charge < -0.3 is 14.0 Å². The van der Waals surface area contributed by atoms with Crippen molar-refractivity contribution in [3.8, 4) is 5.75 Å². The molecule has 0 radical (unpaired) electrons. The first kappa shape index (κ1) is 19.2. The van der Waals surface area contributed by atoms with Gasteiger partial charge in [0, 0.05) is 23.4 Å². The molecule has 0 N–H and O–H groups in total. The second-order valence-electron chi connectivity index (χ2n) is 8.27. The van der Waals surface area contributed by atoms with Gasteiger partial charge in [0.1, 0.15) is 18.2 Å². The fraction of sp³-hybridized carbons (Fsp3) is 0.409. The van der Waals surface area contributed by atoms with Crippen LogP contribution in [0.2, 0.25) is 0 Å². The number of ether oxygens (including phenoxy) is 1. The second kappa shape index (κ2) is 6.71. The lowest BCUT2D eigenvalue weighted by molar-refractivity contribution is 0.00578. The number of allylic oxidation sites excluding steroid dienone is 1. The monoisotopic (exact) mass is 381 g/mol. The van der Waals surface area contributed by atoms with Gasteiger partial charge in [-0.25, -0.2) is 4.39 Å². The van der Waals surface area contributed by atoms with Gasteiger partial charge in [-0.3, -0.25) is 4.98 Å². The average Bonchev–Trinajstić information content (AvgIpc) is 2.77. The van der Waals surface area contributed by atoms with Crippen LogP contribution in [-0.2, 0) is 15.9 Å². The molecule has 0 unspecified atom stereocenters. The van der Waals surface area contributed by atoms with Crippen molar-refractivity contribution in [3.63, 3.8) is 0 Å². The van der Waals surface area contributed by atoms with Crippen LogP contribution in [-0.4, -0.2) is 23.3 Å². The predicted octanol–water partition coefficient (Wildman–Crippen LogP) is 4.96. The van der Waals surface area contributed by atoms with Crippen molar-refractivity contribution in [3.05, 3.63) is 64.6 Å². The summed E-state index contributed by atoms with van der Waals surface area (Å²) in [5.41, 5.74) is 3.70. The fourth-order valence-corrected chi connectivity index (χ4v) is 3.69. The number of aromatic nitrogens is 1. The number of rotatable bonds is 2. The van der Waals surface area contributed by atoms with Gasteiger partial charge >= 0.3 is 7.12 Å². The Balaban J connectivity index is 1.96. The van der Waals surface area contributed by atoms with Crippen LogP contribution >= 0.6 is 0 Å². The maximum Gasteiger partial charge on any atom is 0.491 e. The summed E-state index contributed by atoms with van der Waals surface area (Å²) in [4.78, 5) is 4.50. The quantitative estimate of drug-likeness (QED) is 0.690. The van der Waals surface area contributed by atoms with Crippen LogP contribution in [0.25, 0.3) is 5.57 Å². The third-order valence-corrected chi connectivity index (χ3v) is 5.98. The van der Waals surface area contributed by atoms with Gasteiger partial charge in [-0.2, -0.15) is 0 Å². The van der Waals surface area contributed by atoms with E-state index in [1.807, 2.05) is 39.8 Å². The van der Waals surface area contributed by atoms with Gasteiger partial charge in [-0.15, -0.1) is 0 Å². The summed E-state index contributed by atoms with van der Waals surface area (Å²) in [6.45, 7) is 10.5. The summed E-state index contributed by atoms with van der Waals surface area (Å²) in [5.74, 6) is 0.182. The minimum absolute atomic E-state index is 0.288. The number of pyridine rings is 1. The number of nitrogens with zero attached hydrogens (tertiary/aromatic N) is 1.